The summed E-state index contributed by atoms with van der Waals surface area (Å²) in [5, 5.41) is 10.7. The molecule has 0 spiro atoms. The fraction of sp³-hybridized carbons (Fsp3) is 0.214. The van der Waals surface area contributed by atoms with Gasteiger partial charge in [-0.1, -0.05) is 84.4 Å². The van der Waals surface area contributed by atoms with Crippen LogP contribution in [-0.4, -0.2) is 11.9 Å². The summed E-state index contributed by atoms with van der Waals surface area (Å²) < 4.78 is 6.28. The molecule has 0 amide bonds. The maximum absolute atomic E-state index is 12.8. The molecule has 1 aliphatic heterocycles. The van der Waals surface area contributed by atoms with Crippen LogP contribution in [0.5, 0.6) is 0 Å². The topological polar surface area (TPSA) is 50.1 Å². The van der Waals surface area contributed by atoms with E-state index >= 15 is 0 Å². The Hall–Kier alpha value is -3.35. The first kappa shape index (κ1) is 21.9. The van der Waals surface area contributed by atoms with E-state index in [1.807, 2.05) is 84.9 Å². The lowest BCUT2D eigenvalue weighted by molar-refractivity contribution is -0.121. The fourth-order valence-corrected chi connectivity index (χ4v) is 4.29. The van der Waals surface area contributed by atoms with Gasteiger partial charge in [-0.2, -0.15) is 5.26 Å². The molecule has 2 atom stereocenters. The zero-order chi connectivity index (χ0) is 22.3. The highest BCUT2D eigenvalue weighted by Gasteiger charge is 2.33. The first-order valence-corrected chi connectivity index (χ1v) is 11.2. The number of rotatable bonds is 7. The summed E-state index contributed by atoms with van der Waals surface area (Å²) in [5.74, 6) is 0.592. The molecule has 0 unspecified atom stereocenters. The number of nitrogens with zero attached hydrogens (tertiary/aromatic N) is 1. The van der Waals surface area contributed by atoms with E-state index in [1.54, 1.807) is 0 Å². The van der Waals surface area contributed by atoms with E-state index in [0.29, 0.717) is 35.6 Å². The normalized spacial score (nSPS) is 18.0. The lowest BCUT2D eigenvalue weighted by atomic mass is 9.82. The zero-order valence-corrected chi connectivity index (χ0v) is 18.5. The molecule has 160 valence electrons. The molecule has 0 saturated carbocycles. The Labute approximate surface area is 193 Å². The van der Waals surface area contributed by atoms with Crippen molar-refractivity contribution in [3.8, 4) is 6.07 Å². The minimum absolute atomic E-state index is 0.145. The monoisotopic (exact) mass is 441 g/mol. The van der Waals surface area contributed by atoms with Crippen LogP contribution in [0.3, 0.4) is 0 Å². The zero-order valence-electron chi connectivity index (χ0n) is 17.7. The fourth-order valence-electron chi connectivity index (χ4n) is 4.17. The number of halogens is 1. The van der Waals surface area contributed by atoms with E-state index in [1.165, 1.54) is 0 Å². The van der Waals surface area contributed by atoms with Crippen molar-refractivity contribution in [1.82, 2.24) is 0 Å². The number of ether oxygens (including phenoxy) is 1. The highest BCUT2D eigenvalue weighted by molar-refractivity contribution is 6.30. The van der Waals surface area contributed by atoms with Gasteiger partial charge in [0.25, 0.3) is 0 Å². The Morgan fingerprint density at radius 2 is 1.62 bits per heavy atom. The van der Waals surface area contributed by atoms with E-state index in [2.05, 4.69) is 6.07 Å². The Morgan fingerprint density at radius 3 is 2.28 bits per heavy atom. The summed E-state index contributed by atoms with van der Waals surface area (Å²) in [7, 11) is 0. The van der Waals surface area contributed by atoms with Gasteiger partial charge in [0.15, 0.2) is 0 Å². The average Bonchev–Trinajstić information content (AvgIpc) is 2.84. The van der Waals surface area contributed by atoms with Crippen molar-refractivity contribution in [3.05, 3.63) is 112 Å². The van der Waals surface area contributed by atoms with Crippen molar-refractivity contribution >= 4 is 23.1 Å². The number of nitriles is 1. The van der Waals surface area contributed by atoms with E-state index in [-0.39, 0.29) is 17.8 Å². The number of hydrogen-bond acceptors (Lipinski definition) is 3. The Morgan fingerprint density at radius 1 is 0.969 bits per heavy atom. The largest absolute Gasteiger partial charge is 0.488 e. The van der Waals surface area contributed by atoms with Crippen LogP contribution in [0.15, 0.2) is 90.5 Å². The predicted molar refractivity (Wildman–Crippen MR) is 127 cm³/mol. The Balaban J connectivity index is 1.58. The molecular weight excluding hydrogens is 418 g/mol. The van der Waals surface area contributed by atoms with Gasteiger partial charge in [-0.15, -0.1) is 0 Å². The van der Waals surface area contributed by atoms with Gasteiger partial charge in [-0.05, 0) is 36.1 Å². The number of allylic oxidation sites excluding steroid dienone is 1. The minimum atomic E-state index is -0.286. The van der Waals surface area contributed by atoms with Crippen LogP contribution in [0.2, 0.25) is 5.02 Å². The molecule has 0 aliphatic carbocycles. The Kier molecular flexibility index (Phi) is 7.04. The minimum Gasteiger partial charge on any atom is -0.488 e. The molecule has 1 aliphatic rings. The van der Waals surface area contributed by atoms with Crippen LogP contribution < -0.4 is 0 Å². The van der Waals surface area contributed by atoms with Gasteiger partial charge in [-0.3, -0.25) is 4.79 Å². The molecule has 4 heteroatoms. The van der Waals surface area contributed by atoms with Gasteiger partial charge in [-0.25, -0.2) is 0 Å². The van der Waals surface area contributed by atoms with E-state index in [9.17, 15) is 10.1 Å². The van der Waals surface area contributed by atoms with Crippen molar-refractivity contribution in [2.75, 3.05) is 0 Å². The molecule has 3 aromatic carbocycles. The van der Waals surface area contributed by atoms with Gasteiger partial charge >= 0.3 is 0 Å². The van der Waals surface area contributed by atoms with Gasteiger partial charge in [0.1, 0.15) is 17.6 Å². The summed E-state index contributed by atoms with van der Waals surface area (Å²) in [4.78, 5) is 12.8. The van der Waals surface area contributed by atoms with Crippen molar-refractivity contribution in [3.63, 3.8) is 0 Å². The van der Waals surface area contributed by atoms with Crippen molar-refractivity contribution in [2.45, 2.75) is 37.7 Å². The van der Waals surface area contributed by atoms with Gasteiger partial charge < -0.3 is 4.74 Å². The molecular formula is C28H24ClNO2. The number of carbonyl (C=O) groups excluding carboxylic acids is 1. The molecule has 0 bridgehead atoms. The van der Waals surface area contributed by atoms with Crippen molar-refractivity contribution < 1.29 is 9.53 Å². The third-order valence-electron chi connectivity index (χ3n) is 5.80. The highest BCUT2D eigenvalue weighted by atomic mass is 35.5. The van der Waals surface area contributed by atoms with Gasteiger partial charge in [0.2, 0.25) is 0 Å². The van der Waals surface area contributed by atoms with Gasteiger partial charge in [0, 0.05) is 29.3 Å². The number of aryl methyl sites for hydroxylation is 1. The van der Waals surface area contributed by atoms with Crippen LogP contribution in [0.1, 0.15) is 41.9 Å². The summed E-state index contributed by atoms with van der Waals surface area (Å²) in [5.41, 5.74) is 3.60. The second-order valence-electron chi connectivity index (χ2n) is 8.03. The molecule has 0 saturated heterocycles. The maximum Gasteiger partial charge on any atom is 0.141 e. The maximum atomic E-state index is 12.8. The smallest absolute Gasteiger partial charge is 0.141 e. The molecule has 32 heavy (non-hydrogen) atoms. The second kappa shape index (κ2) is 10.3. The molecule has 0 radical (unpaired) electrons. The SMILES string of the molecule is N#CC1=C(c2ccccc2)O[C@H](CC(=O)CCc2ccccc2)C[C@@H]1c1ccc(Cl)cc1. The molecule has 3 nitrogen and oxygen atoms in total. The molecule has 0 N–H and O–H groups in total. The van der Waals surface area contributed by atoms with Crippen molar-refractivity contribution in [2.24, 2.45) is 0 Å². The number of carbonyl (C=O) groups is 1. The summed E-state index contributed by atoms with van der Waals surface area (Å²) in [6.45, 7) is 0. The van der Waals surface area contributed by atoms with Crippen LogP contribution in [0, 0.1) is 11.3 Å². The van der Waals surface area contributed by atoms with Crippen LogP contribution in [-0.2, 0) is 16.0 Å². The van der Waals surface area contributed by atoms with E-state index < -0.39 is 0 Å². The second-order valence-corrected chi connectivity index (χ2v) is 8.47. The predicted octanol–water partition coefficient (Wildman–Crippen LogP) is 6.74. The number of hydrogen-bond donors (Lipinski definition) is 0. The highest BCUT2D eigenvalue weighted by Crippen LogP contribution is 2.41. The molecule has 0 aromatic heterocycles. The van der Waals surface area contributed by atoms with Gasteiger partial charge in [0.05, 0.1) is 11.6 Å². The van der Waals surface area contributed by atoms with E-state index in [4.69, 9.17) is 16.3 Å². The first-order valence-electron chi connectivity index (χ1n) is 10.8. The standard InChI is InChI=1S/C28H24ClNO2/c29-23-14-12-21(13-15-23)26-18-25(17-24(31)16-11-20-7-3-1-4-8-20)32-28(27(26)19-30)22-9-5-2-6-10-22/h1-10,12-15,25-26H,11,16-18H2/t25-,26-/m1/s1. The molecule has 1 heterocycles. The molecule has 4 rings (SSSR count). The summed E-state index contributed by atoms with van der Waals surface area (Å²) >= 11 is 6.08. The van der Waals surface area contributed by atoms with Crippen LogP contribution >= 0.6 is 11.6 Å². The Bertz CT molecular complexity index is 1130. The first-order chi connectivity index (χ1) is 15.6. The lowest BCUT2D eigenvalue weighted by Crippen LogP contribution is -2.26. The number of ketones is 1. The number of benzene rings is 3. The quantitative estimate of drug-likeness (QED) is 0.408. The van der Waals surface area contributed by atoms with Crippen LogP contribution in [0.4, 0.5) is 0 Å². The number of Topliss-reactive ketones (excluding diaryl/α,β-unsaturated/α-hetero) is 1. The average molecular weight is 442 g/mol. The summed E-state index contributed by atoms with van der Waals surface area (Å²) in [6, 6.07) is 29.6. The third kappa shape index (κ3) is 5.28. The molecule has 0 fully saturated rings. The molecule has 3 aromatic rings. The van der Waals surface area contributed by atoms with Crippen LogP contribution in [0.25, 0.3) is 5.76 Å². The lowest BCUT2D eigenvalue weighted by Gasteiger charge is -2.32. The third-order valence-corrected chi connectivity index (χ3v) is 6.05. The van der Waals surface area contributed by atoms with E-state index in [0.717, 1.165) is 23.1 Å². The van der Waals surface area contributed by atoms with Crippen molar-refractivity contribution in [1.29, 1.82) is 5.26 Å². The summed E-state index contributed by atoms with van der Waals surface area (Å²) in [6.07, 6.45) is 1.82.